The zero-order valence-electron chi connectivity index (χ0n) is 18.1. The van der Waals surface area contributed by atoms with Gasteiger partial charge >= 0.3 is 5.97 Å². The molecule has 0 saturated heterocycles. The van der Waals surface area contributed by atoms with Gasteiger partial charge in [0.1, 0.15) is 17.2 Å². The van der Waals surface area contributed by atoms with Crippen molar-refractivity contribution in [3.05, 3.63) is 64.5 Å². The highest BCUT2D eigenvalue weighted by molar-refractivity contribution is 7.08. The van der Waals surface area contributed by atoms with E-state index in [2.05, 4.69) is 49.7 Å². The summed E-state index contributed by atoms with van der Waals surface area (Å²) >= 11 is 1.70. The van der Waals surface area contributed by atoms with Crippen LogP contribution in [-0.4, -0.2) is 25.4 Å². The van der Waals surface area contributed by atoms with Crippen molar-refractivity contribution in [2.45, 2.75) is 44.1 Å². The average Bonchev–Trinajstić information content (AvgIpc) is 3.57. The lowest BCUT2D eigenvalue weighted by Gasteiger charge is -2.25. The first-order chi connectivity index (χ1) is 16.1. The van der Waals surface area contributed by atoms with E-state index in [0.717, 1.165) is 42.0 Å². The summed E-state index contributed by atoms with van der Waals surface area (Å²) in [6.45, 7) is 0. The Balaban J connectivity index is 1.38. The molecule has 1 aliphatic carbocycles. The standard InChI is InChI=1S/C25H25N5O2S/c26-23-22-21(19-12-16-2-1-3-18(20(16)28-19)17-8-11-33-13-17)29-24(30(22)10-9-27-23)14-4-6-15(7-5-14)25(31)32/h1-3,8-11,13-15,19,28H,4-7,12H2,(H2,26,27)(H,31,32). The van der Waals surface area contributed by atoms with Crippen LogP contribution < -0.4 is 11.1 Å². The highest BCUT2D eigenvalue weighted by Gasteiger charge is 2.33. The molecular formula is C25H25N5O2S. The van der Waals surface area contributed by atoms with Crippen molar-refractivity contribution in [1.29, 1.82) is 0 Å². The van der Waals surface area contributed by atoms with Crippen molar-refractivity contribution in [1.82, 2.24) is 14.4 Å². The SMILES string of the molecule is Nc1nccn2c(C3CCC(C(=O)O)CC3)nc(C3Cc4cccc(-c5ccsc5)c4N3)c12. The molecule has 1 saturated carbocycles. The van der Waals surface area contributed by atoms with E-state index in [1.165, 1.54) is 16.7 Å². The molecule has 33 heavy (non-hydrogen) atoms. The van der Waals surface area contributed by atoms with E-state index in [-0.39, 0.29) is 17.9 Å². The van der Waals surface area contributed by atoms with Gasteiger partial charge in [-0.05, 0) is 53.6 Å². The second-order valence-electron chi connectivity index (χ2n) is 9.03. The van der Waals surface area contributed by atoms with Gasteiger partial charge in [0.15, 0.2) is 0 Å². The van der Waals surface area contributed by atoms with Crippen molar-refractivity contribution >= 4 is 34.3 Å². The van der Waals surface area contributed by atoms with E-state index < -0.39 is 5.97 Å². The number of para-hydroxylation sites is 1. The minimum atomic E-state index is -0.690. The number of carboxylic acid groups (broad SMARTS) is 1. The summed E-state index contributed by atoms with van der Waals surface area (Å²) in [5, 5.41) is 17.4. The number of aromatic nitrogens is 3. The number of carbonyl (C=O) groups is 1. The van der Waals surface area contributed by atoms with Crippen LogP contribution in [0.25, 0.3) is 16.6 Å². The van der Waals surface area contributed by atoms with E-state index in [9.17, 15) is 9.90 Å². The number of nitrogen functional groups attached to an aromatic ring is 1. The van der Waals surface area contributed by atoms with E-state index in [1.807, 2.05) is 6.20 Å². The number of hydrogen-bond acceptors (Lipinski definition) is 6. The molecule has 0 radical (unpaired) electrons. The van der Waals surface area contributed by atoms with E-state index in [0.29, 0.717) is 18.7 Å². The summed E-state index contributed by atoms with van der Waals surface area (Å²) in [5.74, 6) is 0.717. The lowest BCUT2D eigenvalue weighted by molar-refractivity contribution is -0.142. The molecule has 1 fully saturated rings. The van der Waals surface area contributed by atoms with Gasteiger partial charge in [0, 0.05) is 36.0 Å². The van der Waals surface area contributed by atoms with Crippen LogP contribution in [0.1, 0.15) is 54.7 Å². The van der Waals surface area contributed by atoms with Crippen LogP contribution in [0.5, 0.6) is 0 Å². The Kier molecular flexibility index (Phi) is 4.83. The van der Waals surface area contributed by atoms with Crippen LogP contribution in [0, 0.1) is 5.92 Å². The van der Waals surface area contributed by atoms with Crippen molar-refractivity contribution in [2.75, 3.05) is 11.1 Å². The monoisotopic (exact) mass is 459 g/mol. The minimum absolute atomic E-state index is 0.00499. The van der Waals surface area contributed by atoms with Crippen LogP contribution in [0.15, 0.2) is 47.4 Å². The molecular weight excluding hydrogens is 434 g/mol. The third-order valence-corrected chi connectivity index (χ3v) is 7.82. The topological polar surface area (TPSA) is 106 Å². The highest BCUT2D eigenvalue weighted by Crippen LogP contribution is 2.44. The Bertz CT molecular complexity index is 1340. The number of hydrogen-bond donors (Lipinski definition) is 3. The van der Waals surface area contributed by atoms with Gasteiger partial charge in [0.05, 0.1) is 17.7 Å². The number of carboxylic acids is 1. The molecule has 2 aliphatic rings. The quantitative estimate of drug-likeness (QED) is 0.392. The molecule has 6 rings (SSSR count). The maximum Gasteiger partial charge on any atom is 0.306 e. The Morgan fingerprint density at radius 2 is 2.06 bits per heavy atom. The Morgan fingerprint density at radius 1 is 1.21 bits per heavy atom. The third kappa shape index (κ3) is 3.36. The number of nitrogens with two attached hydrogens (primary N) is 1. The van der Waals surface area contributed by atoms with Gasteiger partial charge in [0.2, 0.25) is 0 Å². The van der Waals surface area contributed by atoms with Gasteiger partial charge in [-0.2, -0.15) is 11.3 Å². The second kappa shape index (κ2) is 7.88. The predicted octanol–water partition coefficient (Wildman–Crippen LogP) is 5.11. The van der Waals surface area contributed by atoms with Crippen molar-refractivity contribution in [2.24, 2.45) is 5.92 Å². The van der Waals surface area contributed by atoms with Crippen molar-refractivity contribution in [3.63, 3.8) is 0 Å². The number of rotatable bonds is 4. The molecule has 8 heteroatoms. The normalized spacial score (nSPS) is 22.2. The molecule has 168 valence electrons. The summed E-state index contributed by atoms with van der Waals surface area (Å²) < 4.78 is 2.08. The summed E-state index contributed by atoms with van der Waals surface area (Å²) in [5.41, 5.74) is 13.0. The zero-order chi connectivity index (χ0) is 22.5. The number of aliphatic carboxylic acids is 1. The number of anilines is 2. The number of imidazole rings is 1. The first kappa shape index (κ1) is 20.2. The van der Waals surface area contributed by atoms with Crippen LogP contribution in [-0.2, 0) is 11.2 Å². The lowest BCUT2D eigenvalue weighted by atomic mass is 9.81. The van der Waals surface area contributed by atoms with Crippen LogP contribution >= 0.6 is 11.3 Å². The fraction of sp³-hybridized carbons (Fsp3) is 0.320. The number of benzene rings is 1. The lowest BCUT2D eigenvalue weighted by Crippen LogP contribution is -2.21. The summed E-state index contributed by atoms with van der Waals surface area (Å²) in [6.07, 6.45) is 7.48. The van der Waals surface area contributed by atoms with Crippen LogP contribution in [0.2, 0.25) is 0 Å². The largest absolute Gasteiger partial charge is 0.481 e. The average molecular weight is 460 g/mol. The van der Waals surface area contributed by atoms with Crippen molar-refractivity contribution < 1.29 is 9.90 Å². The van der Waals surface area contributed by atoms with Gasteiger partial charge in [0.25, 0.3) is 0 Å². The van der Waals surface area contributed by atoms with Gasteiger partial charge in [-0.15, -0.1) is 0 Å². The van der Waals surface area contributed by atoms with E-state index >= 15 is 0 Å². The molecule has 0 bridgehead atoms. The van der Waals surface area contributed by atoms with Gasteiger partial charge < -0.3 is 16.2 Å². The predicted molar refractivity (Wildman–Crippen MR) is 130 cm³/mol. The number of thiophene rings is 1. The molecule has 1 atom stereocenters. The Morgan fingerprint density at radius 3 is 2.82 bits per heavy atom. The molecule has 4 heterocycles. The Hall–Kier alpha value is -3.39. The zero-order valence-corrected chi connectivity index (χ0v) is 18.9. The van der Waals surface area contributed by atoms with Gasteiger partial charge in [-0.25, -0.2) is 9.97 Å². The molecule has 1 unspecified atom stereocenters. The molecule has 4 aromatic rings. The molecule has 1 aliphatic heterocycles. The van der Waals surface area contributed by atoms with E-state index in [4.69, 9.17) is 10.7 Å². The van der Waals surface area contributed by atoms with E-state index in [1.54, 1.807) is 17.5 Å². The maximum atomic E-state index is 11.4. The van der Waals surface area contributed by atoms with Crippen molar-refractivity contribution in [3.8, 4) is 11.1 Å². The van der Waals surface area contributed by atoms with Crippen LogP contribution in [0.3, 0.4) is 0 Å². The fourth-order valence-corrected chi connectivity index (χ4v) is 6.11. The third-order valence-electron chi connectivity index (χ3n) is 7.13. The highest BCUT2D eigenvalue weighted by atomic mass is 32.1. The molecule has 7 nitrogen and oxygen atoms in total. The second-order valence-corrected chi connectivity index (χ2v) is 9.81. The molecule has 4 N–H and O–H groups in total. The number of nitrogens with one attached hydrogen (secondary N) is 1. The van der Waals surface area contributed by atoms with Gasteiger partial charge in [-0.3, -0.25) is 9.20 Å². The van der Waals surface area contributed by atoms with Gasteiger partial charge in [-0.1, -0.05) is 18.2 Å². The number of fused-ring (bicyclic) bond motifs is 2. The molecule has 1 aromatic carbocycles. The smallest absolute Gasteiger partial charge is 0.306 e. The first-order valence-electron chi connectivity index (χ1n) is 11.4. The Labute approximate surface area is 195 Å². The maximum absolute atomic E-state index is 11.4. The molecule has 0 amide bonds. The summed E-state index contributed by atoms with van der Waals surface area (Å²) in [4.78, 5) is 20.9. The fourth-order valence-electron chi connectivity index (χ4n) is 5.45. The molecule has 3 aromatic heterocycles. The van der Waals surface area contributed by atoms with Crippen LogP contribution in [0.4, 0.5) is 11.5 Å². The first-order valence-corrected chi connectivity index (χ1v) is 12.3. The minimum Gasteiger partial charge on any atom is -0.481 e. The summed E-state index contributed by atoms with van der Waals surface area (Å²) in [6, 6.07) is 8.60. The molecule has 0 spiro atoms. The summed E-state index contributed by atoms with van der Waals surface area (Å²) in [7, 11) is 0. The number of nitrogens with zero attached hydrogens (tertiary/aromatic N) is 3.